The molecule has 0 amide bonds. The number of nitrogens with zero attached hydrogens (tertiary/aromatic N) is 1. The Kier molecular flexibility index (Phi) is 4.83. The van der Waals surface area contributed by atoms with Crippen molar-refractivity contribution in [2.45, 2.75) is 38.8 Å². The smallest absolute Gasteiger partial charge is 0.124 e. The number of benzene rings is 1. The lowest BCUT2D eigenvalue weighted by Crippen LogP contribution is -2.42. The van der Waals surface area contributed by atoms with Crippen LogP contribution < -0.4 is 4.74 Å². The van der Waals surface area contributed by atoms with Gasteiger partial charge in [0.1, 0.15) is 5.75 Å². The van der Waals surface area contributed by atoms with E-state index in [0.29, 0.717) is 12.6 Å². The van der Waals surface area contributed by atoms with Gasteiger partial charge in [0.2, 0.25) is 0 Å². The number of piperidine rings is 1. The standard InChI is InChI=1S/C16H25NO2/c1-12-8-9-17(13(2)10-12)11-15(18)14-6-4-5-7-16(14)19-3/h4-7,12-13,15,18H,8-11H2,1-3H3. The van der Waals surface area contributed by atoms with Gasteiger partial charge in [-0.2, -0.15) is 0 Å². The van der Waals surface area contributed by atoms with Crippen LogP contribution in [0, 0.1) is 5.92 Å². The highest BCUT2D eigenvalue weighted by atomic mass is 16.5. The van der Waals surface area contributed by atoms with Gasteiger partial charge >= 0.3 is 0 Å². The third-order valence-corrected chi connectivity index (χ3v) is 4.18. The van der Waals surface area contributed by atoms with Crippen LogP contribution in [0.3, 0.4) is 0 Å². The summed E-state index contributed by atoms with van der Waals surface area (Å²) in [4.78, 5) is 2.39. The van der Waals surface area contributed by atoms with Crippen molar-refractivity contribution in [3.63, 3.8) is 0 Å². The van der Waals surface area contributed by atoms with Gasteiger partial charge in [-0.15, -0.1) is 0 Å². The number of aliphatic hydroxyl groups is 1. The summed E-state index contributed by atoms with van der Waals surface area (Å²) < 4.78 is 5.32. The summed E-state index contributed by atoms with van der Waals surface area (Å²) in [7, 11) is 1.65. The Morgan fingerprint density at radius 2 is 2.11 bits per heavy atom. The van der Waals surface area contributed by atoms with E-state index < -0.39 is 6.10 Å². The Morgan fingerprint density at radius 1 is 1.37 bits per heavy atom. The van der Waals surface area contributed by atoms with Crippen molar-refractivity contribution in [3.8, 4) is 5.75 Å². The predicted molar refractivity (Wildman–Crippen MR) is 77.4 cm³/mol. The molecule has 0 bridgehead atoms. The number of aliphatic hydroxyl groups excluding tert-OH is 1. The maximum Gasteiger partial charge on any atom is 0.124 e. The predicted octanol–water partition coefficient (Wildman–Crippen LogP) is 2.85. The molecule has 0 saturated carbocycles. The molecule has 0 aliphatic carbocycles. The average Bonchev–Trinajstić information content (AvgIpc) is 2.41. The lowest BCUT2D eigenvalue weighted by atomic mass is 9.93. The SMILES string of the molecule is COc1ccccc1C(O)CN1CCC(C)CC1C. The molecule has 3 nitrogen and oxygen atoms in total. The number of likely N-dealkylation sites (tertiary alicyclic amines) is 1. The topological polar surface area (TPSA) is 32.7 Å². The zero-order valence-electron chi connectivity index (χ0n) is 12.2. The molecule has 3 unspecified atom stereocenters. The van der Waals surface area contributed by atoms with E-state index in [1.807, 2.05) is 24.3 Å². The molecule has 0 radical (unpaired) electrons. The van der Waals surface area contributed by atoms with Crippen molar-refractivity contribution in [1.82, 2.24) is 4.90 Å². The van der Waals surface area contributed by atoms with E-state index in [0.717, 1.165) is 23.8 Å². The first-order valence-electron chi connectivity index (χ1n) is 7.16. The number of hydrogen-bond donors (Lipinski definition) is 1. The first-order chi connectivity index (χ1) is 9.11. The molecule has 2 rings (SSSR count). The molecule has 1 N–H and O–H groups in total. The van der Waals surface area contributed by atoms with Gasteiger partial charge in [0.05, 0.1) is 13.2 Å². The summed E-state index contributed by atoms with van der Waals surface area (Å²) >= 11 is 0. The second-order valence-electron chi connectivity index (χ2n) is 5.73. The van der Waals surface area contributed by atoms with Crippen LogP contribution in [0.1, 0.15) is 38.4 Å². The van der Waals surface area contributed by atoms with Crippen LogP contribution in [0.2, 0.25) is 0 Å². The molecule has 0 aromatic heterocycles. The van der Waals surface area contributed by atoms with Gasteiger partial charge in [0.15, 0.2) is 0 Å². The number of rotatable bonds is 4. The van der Waals surface area contributed by atoms with Crippen molar-refractivity contribution in [3.05, 3.63) is 29.8 Å². The van der Waals surface area contributed by atoms with Crippen LogP contribution in [0.5, 0.6) is 5.75 Å². The minimum absolute atomic E-state index is 0.480. The van der Waals surface area contributed by atoms with E-state index >= 15 is 0 Å². The first kappa shape index (κ1) is 14.4. The molecule has 1 aromatic rings. The van der Waals surface area contributed by atoms with Crippen molar-refractivity contribution < 1.29 is 9.84 Å². The Bertz CT molecular complexity index is 407. The molecular formula is C16H25NO2. The highest BCUT2D eigenvalue weighted by Gasteiger charge is 2.25. The van der Waals surface area contributed by atoms with Gasteiger partial charge in [-0.25, -0.2) is 0 Å². The van der Waals surface area contributed by atoms with Crippen LogP contribution in [-0.2, 0) is 0 Å². The van der Waals surface area contributed by atoms with Gasteiger partial charge < -0.3 is 9.84 Å². The summed E-state index contributed by atoms with van der Waals surface area (Å²) in [5.74, 6) is 1.57. The lowest BCUT2D eigenvalue weighted by Gasteiger charge is -2.37. The Labute approximate surface area is 116 Å². The Morgan fingerprint density at radius 3 is 2.79 bits per heavy atom. The average molecular weight is 263 g/mol. The summed E-state index contributed by atoms with van der Waals surface area (Å²) in [6.07, 6.45) is 1.97. The summed E-state index contributed by atoms with van der Waals surface area (Å²) in [6.45, 7) is 6.33. The zero-order chi connectivity index (χ0) is 13.8. The molecule has 19 heavy (non-hydrogen) atoms. The number of para-hydroxylation sites is 1. The fourth-order valence-electron chi connectivity index (χ4n) is 2.99. The first-order valence-corrected chi connectivity index (χ1v) is 7.16. The summed E-state index contributed by atoms with van der Waals surface area (Å²) in [5, 5.41) is 10.4. The summed E-state index contributed by atoms with van der Waals surface area (Å²) in [5.41, 5.74) is 0.885. The van der Waals surface area contributed by atoms with E-state index in [1.54, 1.807) is 7.11 Å². The Balaban J connectivity index is 2.02. The van der Waals surface area contributed by atoms with Crippen molar-refractivity contribution in [2.24, 2.45) is 5.92 Å². The van der Waals surface area contributed by atoms with Crippen molar-refractivity contribution in [2.75, 3.05) is 20.2 Å². The van der Waals surface area contributed by atoms with Crippen LogP contribution in [0.25, 0.3) is 0 Å². The molecule has 1 heterocycles. The Hall–Kier alpha value is -1.06. The van der Waals surface area contributed by atoms with Gasteiger partial charge in [0.25, 0.3) is 0 Å². The van der Waals surface area contributed by atoms with Gasteiger partial charge in [-0.05, 0) is 38.3 Å². The quantitative estimate of drug-likeness (QED) is 0.906. The highest BCUT2D eigenvalue weighted by Crippen LogP contribution is 2.28. The molecule has 1 aliphatic rings. The molecule has 1 saturated heterocycles. The monoisotopic (exact) mass is 263 g/mol. The minimum Gasteiger partial charge on any atom is -0.496 e. The number of β-amino-alcohol motifs (C(OH)–C–C–N with tert-alkyl or cyclic N) is 1. The number of methoxy groups -OCH3 is 1. The van der Waals surface area contributed by atoms with E-state index in [4.69, 9.17) is 4.74 Å². The maximum absolute atomic E-state index is 10.4. The van der Waals surface area contributed by atoms with E-state index in [2.05, 4.69) is 18.7 Å². The number of hydrogen-bond acceptors (Lipinski definition) is 3. The second-order valence-corrected chi connectivity index (χ2v) is 5.73. The third kappa shape index (κ3) is 3.48. The van der Waals surface area contributed by atoms with E-state index in [1.165, 1.54) is 12.8 Å². The normalized spacial score (nSPS) is 26.1. The largest absolute Gasteiger partial charge is 0.496 e. The fourth-order valence-corrected chi connectivity index (χ4v) is 2.99. The zero-order valence-corrected chi connectivity index (χ0v) is 12.2. The van der Waals surface area contributed by atoms with Gasteiger partial charge in [0, 0.05) is 18.2 Å². The molecule has 0 spiro atoms. The number of ether oxygens (including phenoxy) is 1. The molecule has 3 atom stereocenters. The highest BCUT2D eigenvalue weighted by molar-refractivity contribution is 5.35. The maximum atomic E-state index is 10.4. The minimum atomic E-state index is -0.480. The van der Waals surface area contributed by atoms with Crippen LogP contribution in [0.15, 0.2) is 24.3 Å². The molecule has 1 fully saturated rings. The van der Waals surface area contributed by atoms with Gasteiger partial charge in [-0.3, -0.25) is 4.90 Å². The van der Waals surface area contributed by atoms with E-state index in [-0.39, 0.29) is 0 Å². The van der Waals surface area contributed by atoms with Crippen LogP contribution in [-0.4, -0.2) is 36.2 Å². The molecule has 106 valence electrons. The van der Waals surface area contributed by atoms with Crippen molar-refractivity contribution in [1.29, 1.82) is 0 Å². The molecule has 1 aromatic carbocycles. The summed E-state index contributed by atoms with van der Waals surface area (Å²) in [6, 6.07) is 8.28. The molecule has 1 aliphatic heterocycles. The second kappa shape index (κ2) is 6.40. The van der Waals surface area contributed by atoms with Crippen LogP contribution in [0.4, 0.5) is 0 Å². The van der Waals surface area contributed by atoms with E-state index in [9.17, 15) is 5.11 Å². The van der Waals surface area contributed by atoms with Crippen molar-refractivity contribution >= 4 is 0 Å². The molecular weight excluding hydrogens is 238 g/mol. The lowest BCUT2D eigenvalue weighted by molar-refractivity contribution is 0.0589. The van der Waals surface area contributed by atoms with Gasteiger partial charge in [-0.1, -0.05) is 25.1 Å². The fraction of sp³-hybridized carbons (Fsp3) is 0.625. The van der Waals surface area contributed by atoms with Crippen LogP contribution >= 0.6 is 0 Å². The third-order valence-electron chi connectivity index (χ3n) is 4.18. The molecule has 3 heteroatoms.